The number of nitrogens with one attached hydrogen (secondary N) is 1. The Kier molecular flexibility index (Phi) is 5.32. The summed E-state index contributed by atoms with van der Waals surface area (Å²) in [6.07, 6.45) is 2.29. The highest BCUT2D eigenvalue weighted by Gasteiger charge is 2.18. The van der Waals surface area contributed by atoms with Crippen LogP contribution in [0.1, 0.15) is 37.0 Å². The van der Waals surface area contributed by atoms with E-state index in [1.807, 2.05) is 12.1 Å². The lowest BCUT2D eigenvalue weighted by atomic mass is 9.98. The first-order valence-corrected chi connectivity index (χ1v) is 7.59. The molecule has 0 radical (unpaired) electrons. The minimum Gasteiger partial charge on any atom is -0.371 e. The van der Waals surface area contributed by atoms with Crippen molar-refractivity contribution in [2.45, 2.75) is 26.7 Å². The summed E-state index contributed by atoms with van der Waals surface area (Å²) < 4.78 is 0. The van der Waals surface area contributed by atoms with E-state index in [0.29, 0.717) is 11.3 Å². The smallest absolute Gasteiger partial charge is 0.237 e. The molecule has 1 aliphatic rings. The second-order valence-corrected chi connectivity index (χ2v) is 5.75. The van der Waals surface area contributed by atoms with Crippen LogP contribution >= 0.6 is 0 Å². The number of rotatable bonds is 4. The van der Waals surface area contributed by atoms with Gasteiger partial charge in [0.1, 0.15) is 12.1 Å². The summed E-state index contributed by atoms with van der Waals surface area (Å²) in [6, 6.07) is 8.88. The van der Waals surface area contributed by atoms with Gasteiger partial charge in [0.05, 0.1) is 5.69 Å². The van der Waals surface area contributed by atoms with E-state index < -0.39 is 0 Å². The predicted molar refractivity (Wildman–Crippen MR) is 89.3 cm³/mol. The number of benzene rings is 1. The molecule has 1 N–H and O–H groups in total. The van der Waals surface area contributed by atoms with Crippen molar-refractivity contribution in [2.75, 3.05) is 23.4 Å². The zero-order valence-electron chi connectivity index (χ0n) is 13.3. The van der Waals surface area contributed by atoms with Crippen molar-refractivity contribution in [3.8, 4) is 12.1 Å². The molecular weight excluding hydrogens is 290 g/mol. The van der Waals surface area contributed by atoms with Gasteiger partial charge in [-0.3, -0.25) is 10.2 Å². The third-order valence-corrected chi connectivity index (χ3v) is 4.03. The summed E-state index contributed by atoms with van der Waals surface area (Å²) >= 11 is 0. The fourth-order valence-electron chi connectivity index (χ4n) is 2.58. The van der Waals surface area contributed by atoms with Crippen molar-refractivity contribution >= 4 is 22.9 Å². The fourth-order valence-corrected chi connectivity index (χ4v) is 2.58. The van der Waals surface area contributed by atoms with Crippen LogP contribution in [-0.2, 0) is 0 Å². The molecule has 1 aromatic rings. The maximum atomic E-state index is 11.9. The van der Waals surface area contributed by atoms with Crippen molar-refractivity contribution in [3.05, 3.63) is 23.8 Å². The number of anilines is 2. The lowest BCUT2D eigenvalue weighted by Gasteiger charge is -2.32. The van der Waals surface area contributed by atoms with Gasteiger partial charge in [0.25, 0.3) is 0 Å². The van der Waals surface area contributed by atoms with Gasteiger partial charge in [-0.25, -0.2) is 0 Å². The van der Waals surface area contributed by atoms with Gasteiger partial charge in [0.2, 0.25) is 5.71 Å². The number of hydrogen-bond donors (Lipinski definition) is 1. The molecule has 0 saturated carbocycles. The highest BCUT2D eigenvalue weighted by atomic mass is 16.1. The third kappa shape index (κ3) is 4.08. The molecule has 6 nitrogen and oxygen atoms in total. The van der Waals surface area contributed by atoms with Gasteiger partial charge >= 0.3 is 0 Å². The van der Waals surface area contributed by atoms with E-state index in [1.54, 1.807) is 18.2 Å². The largest absolute Gasteiger partial charge is 0.371 e. The average molecular weight is 309 g/mol. The second kappa shape index (κ2) is 7.42. The van der Waals surface area contributed by atoms with Crippen LogP contribution < -0.4 is 10.3 Å². The Morgan fingerprint density at radius 3 is 2.52 bits per heavy atom. The van der Waals surface area contributed by atoms with Crippen LogP contribution in [0.4, 0.5) is 11.4 Å². The summed E-state index contributed by atoms with van der Waals surface area (Å²) in [5, 5.41) is 21.1. The van der Waals surface area contributed by atoms with Crippen LogP contribution in [0.2, 0.25) is 0 Å². The molecule has 0 bridgehead atoms. The molecule has 0 unspecified atom stereocenters. The van der Waals surface area contributed by atoms with E-state index in [-0.39, 0.29) is 11.5 Å². The Balaban J connectivity index is 2.25. The van der Waals surface area contributed by atoms with Crippen LogP contribution in [0, 0.1) is 28.6 Å². The maximum Gasteiger partial charge on any atom is 0.237 e. The molecule has 0 aliphatic carbocycles. The van der Waals surface area contributed by atoms with Crippen molar-refractivity contribution in [1.82, 2.24) is 0 Å². The predicted octanol–water partition coefficient (Wildman–Crippen LogP) is 2.94. The molecule has 0 aromatic heterocycles. The molecule has 1 saturated heterocycles. The van der Waals surface area contributed by atoms with Crippen LogP contribution in [0.3, 0.4) is 0 Å². The van der Waals surface area contributed by atoms with Crippen LogP contribution in [0.25, 0.3) is 0 Å². The number of hydrazone groups is 1. The first kappa shape index (κ1) is 16.5. The number of Topliss-reactive ketones (excluding diaryl/α,β-unsaturated/α-hetero) is 1. The van der Waals surface area contributed by atoms with Gasteiger partial charge in [-0.2, -0.15) is 15.6 Å². The normalized spacial score (nSPS) is 14.5. The molecular formula is C17H19N5O. The van der Waals surface area contributed by atoms with Crippen LogP contribution in [0.15, 0.2) is 23.3 Å². The molecule has 0 amide bonds. The standard InChI is InChI=1S/C17H19N5O/c1-12-5-7-22(8-6-12)15-3-4-17(16(9-15)13(2)23)21-20-14(10-18)11-19/h3-4,9,12,21H,5-8H2,1-2H3. The van der Waals surface area contributed by atoms with Crippen molar-refractivity contribution in [3.63, 3.8) is 0 Å². The zero-order valence-corrected chi connectivity index (χ0v) is 13.3. The first-order valence-electron chi connectivity index (χ1n) is 7.59. The Bertz CT molecular complexity index is 687. The minimum atomic E-state index is -0.284. The number of carbonyl (C=O) groups is 1. The number of nitriles is 2. The lowest BCUT2D eigenvalue weighted by molar-refractivity contribution is 0.101. The summed E-state index contributed by atoms with van der Waals surface area (Å²) in [6.45, 7) is 5.71. The SMILES string of the molecule is CC(=O)c1cc(N2CCC(C)CC2)ccc1NN=C(C#N)C#N. The maximum absolute atomic E-state index is 11.9. The molecule has 6 heteroatoms. The van der Waals surface area contributed by atoms with E-state index in [1.165, 1.54) is 6.92 Å². The number of ketones is 1. The monoisotopic (exact) mass is 309 g/mol. The molecule has 2 rings (SSSR count). The quantitative estimate of drug-likeness (QED) is 0.524. The van der Waals surface area contributed by atoms with E-state index in [0.717, 1.165) is 37.5 Å². The van der Waals surface area contributed by atoms with Crippen molar-refractivity contribution in [1.29, 1.82) is 10.5 Å². The number of piperidine rings is 1. The highest BCUT2D eigenvalue weighted by molar-refractivity contribution is 6.10. The number of hydrogen-bond acceptors (Lipinski definition) is 6. The van der Waals surface area contributed by atoms with Crippen molar-refractivity contribution < 1.29 is 4.79 Å². The van der Waals surface area contributed by atoms with Gasteiger partial charge in [0.15, 0.2) is 5.78 Å². The minimum absolute atomic E-state index is 0.0922. The Morgan fingerprint density at radius 2 is 1.96 bits per heavy atom. The number of carbonyl (C=O) groups excluding carboxylic acids is 1. The van der Waals surface area contributed by atoms with Gasteiger partial charge in [-0.1, -0.05) is 6.92 Å². The van der Waals surface area contributed by atoms with Gasteiger partial charge in [-0.05, 0) is 43.9 Å². The molecule has 1 aliphatic heterocycles. The van der Waals surface area contributed by atoms with Crippen molar-refractivity contribution in [2.24, 2.45) is 11.0 Å². The van der Waals surface area contributed by atoms with Gasteiger partial charge < -0.3 is 4.90 Å². The molecule has 1 aromatic carbocycles. The average Bonchev–Trinajstić information content (AvgIpc) is 2.56. The Hall–Kier alpha value is -2.86. The second-order valence-electron chi connectivity index (χ2n) is 5.75. The molecule has 118 valence electrons. The van der Waals surface area contributed by atoms with Gasteiger partial charge in [0, 0.05) is 24.3 Å². The molecule has 0 spiro atoms. The van der Waals surface area contributed by atoms with E-state index in [2.05, 4.69) is 22.4 Å². The topological polar surface area (TPSA) is 92.3 Å². The fraction of sp³-hybridized carbons (Fsp3) is 0.412. The number of nitrogens with zero attached hydrogens (tertiary/aromatic N) is 4. The van der Waals surface area contributed by atoms with E-state index in [4.69, 9.17) is 10.5 Å². The first-order chi connectivity index (χ1) is 11.0. The summed E-state index contributed by atoms with van der Waals surface area (Å²) in [7, 11) is 0. The summed E-state index contributed by atoms with van der Waals surface area (Å²) in [5.74, 6) is 0.648. The Labute approximate surface area is 136 Å². The molecule has 1 heterocycles. The molecule has 1 fully saturated rings. The highest BCUT2D eigenvalue weighted by Crippen LogP contribution is 2.27. The molecule has 23 heavy (non-hydrogen) atoms. The lowest BCUT2D eigenvalue weighted by Crippen LogP contribution is -2.32. The van der Waals surface area contributed by atoms with E-state index in [9.17, 15) is 4.79 Å². The Morgan fingerprint density at radius 1 is 1.30 bits per heavy atom. The molecule has 0 atom stereocenters. The zero-order chi connectivity index (χ0) is 16.8. The van der Waals surface area contributed by atoms with Crippen LogP contribution in [-0.4, -0.2) is 24.6 Å². The van der Waals surface area contributed by atoms with Crippen LogP contribution in [0.5, 0.6) is 0 Å². The summed E-state index contributed by atoms with van der Waals surface area (Å²) in [5.41, 5.74) is 4.36. The third-order valence-electron chi connectivity index (χ3n) is 4.03. The van der Waals surface area contributed by atoms with E-state index >= 15 is 0 Å². The summed E-state index contributed by atoms with van der Waals surface area (Å²) in [4.78, 5) is 14.2. The van der Waals surface area contributed by atoms with Gasteiger partial charge in [-0.15, -0.1) is 0 Å².